The Bertz CT molecular complexity index is 668. The van der Waals surface area contributed by atoms with E-state index in [0.717, 1.165) is 15.7 Å². The molecule has 0 aliphatic heterocycles. The van der Waals surface area contributed by atoms with E-state index in [0.29, 0.717) is 11.3 Å². The molecule has 2 aromatic carbocycles. The van der Waals surface area contributed by atoms with Crippen molar-refractivity contribution in [2.45, 2.75) is 13.8 Å². The maximum Gasteiger partial charge on any atom is 0.181 e. The second kappa shape index (κ2) is 6.76. The first-order valence-electron chi connectivity index (χ1n) is 6.69. The van der Waals surface area contributed by atoms with E-state index in [1.807, 2.05) is 26.0 Å². The van der Waals surface area contributed by atoms with Crippen molar-refractivity contribution in [3.63, 3.8) is 0 Å². The number of halogens is 1. The number of anilines is 1. The summed E-state index contributed by atoms with van der Waals surface area (Å²) in [5, 5.41) is 3.20. The molecular weight excluding hydrogens is 330 g/mol. The van der Waals surface area contributed by atoms with E-state index in [-0.39, 0.29) is 12.3 Å². The summed E-state index contributed by atoms with van der Waals surface area (Å²) in [6.07, 6.45) is 0. The zero-order chi connectivity index (χ0) is 15.4. The van der Waals surface area contributed by atoms with Gasteiger partial charge in [0, 0.05) is 11.3 Å². The topological polar surface area (TPSA) is 38.3 Å². The molecule has 0 aliphatic rings. The molecule has 0 amide bonds. The van der Waals surface area contributed by atoms with Gasteiger partial charge in [0.15, 0.2) is 5.78 Å². The summed E-state index contributed by atoms with van der Waals surface area (Å²) in [6.45, 7) is 4.33. The summed E-state index contributed by atoms with van der Waals surface area (Å²) < 4.78 is 5.94. The van der Waals surface area contributed by atoms with Crippen LogP contribution in [-0.4, -0.2) is 19.4 Å². The van der Waals surface area contributed by atoms with Crippen LogP contribution in [0.1, 0.15) is 21.5 Å². The quantitative estimate of drug-likeness (QED) is 0.816. The molecule has 0 bridgehead atoms. The molecule has 0 saturated carbocycles. The maximum absolute atomic E-state index is 12.2. The summed E-state index contributed by atoms with van der Waals surface area (Å²) in [5.74, 6) is 0.758. The van der Waals surface area contributed by atoms with Crippen molar-refractivity contribution in [3.05, 3.63) is 57.6 Å². The highest BCUT2D eigenvalue weighted by atomic mass is 79.9. The largest absolute Gasteiger partial charge is 0.496 e. The van der Waals surface area contributed by atoms with Crippen molar-refractivity contribution >= 4 is 27.4 Å². The summed E-state index contributed by atoms with van der Waals surface area (Å²) in [7, 11) is 1.60. The fourth-order valence-corrected chi connectivity index (χ4v) is 2.58. The van der Waals surface area contributed by atoms with Gasteiger partial charge in [0.05, 0.1) is 18.1 Å². The number of hydrogen-bond donors (Lipinski definition) is 1. The smallest absolute Gasteiger partial charge is 0.181 e. The van der Waals surface area contributed by atoms with E-state index >= 15 is 0 Å². The molecule has 0 fully saturated rings. The first kappa shape index (κ1) is 15.6. The number of hydrogen-bond acceptors (Lipinski definition) is 3. The lowest BCUT2D eigenvalue weighted by Gasteiger charge is -2.10. The minimum absolute atomic E-state index is 0.0410. The van der Waals surface area contributed by atoms with E-state index in [9.17, 15) is 4.79 Å². The number of nitrogens with one attached hydrogen (secondary N) is 1. The average Bonchev–Trinajstić information content (AvgIpc) is 2.47. The molecule has 21 heavy (non-hydrogen) atoms. The predicted molar refractivity (Wildman–Crippen MR) is 89.4 cm³/mol. The van der Waals surface area contributed by atoms with E-state index < -0.39 is 0 Å². The highest BCUT2D eigenvalue weighted by molar-refractivity contribution is 9.10. The minimum Gasteiger partial charge on any atom is -0.496 e. The second-order valence-electron chi connectivity index (χ2n) is 4.94. The van der Waals surface area contributed by atoms with Crippen LogP contribution in [-0.2, 0) is 0 Å². The molecule has 0 unspecified atom stereocenters. The second-order valence-corrected chi connectivity index (χ2v) is 5.80. The van der Waals surface area contributed by atoms with Crippen molar-refractivity contribution < 1.29 is 9.53 Å². The van der Waals surface area contributed by atoms with Crippen LogP contribution in [0.4, 0.5) is 5.69 Å². The number of aryl methyl sites for hydroxylation is 2. The number of rotatable bonds is 5. The maximum atomic E-state index is 12.2. The molecule has 0 spiro atoms. The van der Waals surface area contributed by atoms with Gasteiger partial charge in [-0.1, -0.05) is 12.1 Å². The predicted octanol–water partition coefficient (Wildman–Crippen LogP) is 4.37. The Morgan fingerprint density at radius 3 is 2.62 bits per heavy atom. The molecule has 2 rings (SSSR count). The number of methoxy groups -OCH3 is 1. The summed E-state index contributed by atoms with van der Waals surface area (Å²) in [4.78, 5) is 12.2. The van der Waals surface area contributed by atoms with Gasteiger partial charge >= 0.3 is 0 Å². The number of carbonyl (C=O) groups excluding carboxylic acids is 1. The lowest BCUT2D eigenvalue weighted by molar-refractivity contribution is 0.101. The van der Waals surface area contributed by atoms with Gasteiger partial charge in [-0.3, -0.25) is 4.79 Å². The average molecular weight is 348 g/mol. The van der Waals surface area contributed by atoms with Crippen LogP contribution < -0.4 is 10.1 Å². The van der Waals surface area contributed by atoms with Crippen LogP contribution in [0.25, 0.3) is 0 Å². The number of ketones is 1. The molecule has 110 valence electrons. The zero-order valence-electron chi connectivity index (χ0n) is 12.4. The third-order valence-electron chi connectivity index (χ3n) is 3.31. The van der Waals surface area contributed by atoms with E-state index in [2.05, 4.69) is 27.3 Å². The first-order valence-corrected chi connectivity index (χ1v) is 7.48. The number of ether oxygens (including phenoxy) is 1. The van der Waals surface area contributed by atoms with Gasteiger partial charge in [-0.2, -0.15) is 0 Å². The van der Waals surface area contributed by atoms with Gasteiger partial charge in [0.1, 0.15) is 5.75 Å². The molecule has 4 heteroatoms. The van der Waals surface area contributed by atoms with Gasteiger partial charge in [-0.05, 0) is 65.2 Å². The standard InChI is InChI=1S/C17H18BrNO2/c1-11-4-5-12(2)15(8-11)19-10-16(20)13-6-7-17(21-3)14(18)9-13/h4-9,19H,10H2,1-3H3. The third kappa shape index (κ3) is 3.85. The summed E-state index contributed by atoms with van der Waals surface area (Å²) in [6, 6.07) is 11.5. The Morgan fingerprint density at radius 1 is 1.19 bits per heavy atom. The van der Waals surface area contributed by atoms with Crippen molar-refractivity contribution in [1.82, 2.24) is 0 Å². The Labute approximate surface area is 133 Å². The number of carbonyl (C=O) groups is 1. The molecule has 1 N–H and O–H groups in total. The molecule has 0 aromatic heterocycles. The first-order chi connectivity index (χ1) is 10.0. The van der Waals surface area contributed by atoms with Crippen molar-refractivity contribution in [3.8, 4) is 5.75 Å². The third-order valence-corrected chi connectivity index (χ3v) is 3.93. The Kier molecular flexibility index (Phi) is 5.02. The zero-order valence-corrected chi connectivity index (χ0v) is 14.0. The Hall–Kier alpha value is -1.81. The molecule has 0 aliphatic carbocycles. The fourth-order valence-electron chi connectivity index (χ4n) is 2.04. The molecule has 0 radical (unpaired) electrons. The van der Waals surface area contributed by atoms with Gasteiger partial charge in [0.2, 0.25) is 0 Å². The Balaban J connectivity index is 2.08. The SMILES string of the molecule is COc1ccc(C(=O)CNc2cc(C)ccc2C)cc1Br. The fraction of sp³-hybridized carbons (Fsp3) is 0.235. The molecule has 0 heterocycles. The highest BCUT2D eigenvalue weighted by Crippen LogP contribution is 2.25. The van der Waals surface area contributed by atoms with Crippen molar-refractivity contribution in [2.24, 2.45) is 0 Å². The lowest BCUT2D eigenvalue weighted by Crippen LogP contribution is -2.14. The normalized spacial score (nSPS) is 10.3. The molecule has 2 aromatic rings. The van der Waals surface area contributed by atoms with Gasteiger partial charge in [-0.25, -0.2) is 0 Å². The van der Waals surface area contributed by atoms with E-state index in [1.54, 1.807) is 25.3 Å². The van der Waals surface area contributed by atoms with Crippen LogP contribution in [0.2, 0.25) is 0 Å². The van der Waals surface area contributed by atoms with Crippen LogP contribution in [0.5, 0.6) is 5.75 Å². The number of Topliss-reactive ketones (excluding diaryl/α,β-unsaturated/α-hetero) is 1. The molecule has 3 nitrogen and oxygen atoms in total. The lowest BCUT2D eigenvalue weighted by atomic mass is 10.1. The summed E-state index contributed by atoms with van der Waals surface area (Å²) >= 11 is 3.40. The van der Waals surface area contributed by atoms with Crippen LogP contribution >= 0.6 is 15.9 Å². The monoisotopic (exact) mass is 347 g/mol. The molecular formula is C17H18BrNO2. The number of benzene rings is 2. The van der Waals surface area contributed by atoms with E-state index in [4.69, 9.17) is 4.74 Å². The van der Waals surface area contributed by atoms with Gasteiger partial charge < -0.3 is 10.1 Å². The van der Waals surface area contributed by atoms with Crippen molar-refractivity contribution in [1.29, 1.82) is 0 Å². The van der Waals surface area contributed by atoms with E-state index in [1.165, 1.54) is 5.56 Å². The highest BCUT2D eigenvalue weighted by Gasteiger charge is 2.09. The van der Waals surface area contributed by atoms with Crippen LogP contribution in [0.3, 0.4) is 0 Å². The van der Waals surface area contributed by atoms with Gasteiger partial charge in [0.25, 0.3) is 0 Å². The van der Waals surface area contributed by atoms with Crippen molar-refractivity contribution in [2.75, 3.05) is 19.0 Å². The van der Waals surface area contributed by atoms with Crippen LogP contribution in [0.15, 0.2) is 40.9 Å². The minimum atomic E-state index is 0.0410. The van der Waals surface area contributed by atoms with Crippen LogP contribution in [0, 0.1) is 13.8 Å². The van der Waals surface area contributed by atoms with Gasteiger partial charge in [-0.15, -0.1) is 0 Å². The Morgan fingerprint density at radius 2 is 1.95 bits per heavy atom. The molecule has 0 saturated heterocycles. The molecule has 0 atom stereocenters. The summed E-state index contributed by atoms with van der Waals surface area (Å²) in [5.41, 5.74) is 3.95.